The first kappa shape index (κ1) is 14.5. The van der Waals surface area contributed by atoms with Crippen molar-refractivity contribution in [2.24, 2.45) is 0 Å². The van der Waals surface area contributed by atoms with Gasteiger partial charge in [-0.2, -0.15) is 8.42 Å². The molecule has 3 N–H and O–H groups in total. The Morgan fingerprint density at radius 3 is 2.50 bits per heavy atom. The van der Waals surface area contributed by atoms with Crippen molar-refractivity contribution >= 4 is 21.0 Å². The van der Waals surface area contributed by atoms with Gasteiger partial charge in [-0.25, -0.2) is 4.79 Å². The van der Waals surface area contributed by atoms with E-state index in [4.69, 9.17) is 4.55 Å². The second-order valence-corrected chi connectivity index (χ2v) is 5.91. The average molecular weight is 298 g/mol. The maximum atomic E-state index is 11.9. The topological polar surface area (TPSA) is 120 Å². The highest BCUT2D eigenvalue weighted by Crippen LogP contribution is 2.20. The Bertz CT molecular complexity index is 864. The summed E-state index contributed by atoms with van der Waals surface area (Å²) in [6.07, 6.45) is 2.09. The third kappa shape index (κ3) is 2.81. The number of fused-ring (bicyclic) bond motifs is 1. The molecule has 0 unspecified atom stereocenters. The zero-order chi connectivity index (χ0) is 14.9. The first-order valence-corrected chi connectivity index (χ1v) is 7.53. The first-order valence-electron chi connectivity index (χ1n) is 6.09. The molecule has 0 radical (unpaired) electrons. The van der Waals surface area contributed by atoms with Gasteiger partial charge in [-0.05, 0) is 30.5 Å². The van der Waals surface area contributed by atoms with Crippen LogP contribution in [0.25, 0.3) is 10.9 Å². The minimum atomic E-state index is -4.40. The summed E-state index contributed by atoms with van der Waals surface area (Å²) in [6, 6.07) is 2.34. The van der Waals surface area contributed by atoms with Gasteiger partial charge in [0.2, 0.25) is 0 Å². The monoisotopic (exact) mass is 298 g/mol. The highest BCUT2D eigenvalue weighted by molar-refractivity contribution is 7.85. The molecule has 0 fully saturated rings. The molecule has 0 aliphatic heterocycles. The fraction of sp³-hybridized carbons (Fsp3) is 0.333. The first-order chi connectivity index (χ1) is 9.32. The molecule has 0 atom stereocenters. The summed E-state index contributed by atoms with van der Waals surface area (Å²) in [6.45, 7) is 1.96. The summed E-state index contributed by atoms with van der Waals surface area (Å²) in [5.74, 6) is 0. The van der Waals surface area contributed by atoms with E-state index in [0.717, 1.165) is 18.9 Å². The smallest absolute Gasteiger partial charge is 0.307 e. The van der Waals surface area contributed by atoms with Crippen LogP contribution in [0.1, 0.15) is 25.3 Å². The van der Waals surface area contributed by atoms with Gasteiger partial charge >= 0.3 is 5.69 Å². The number of hydrogen-bond acceptors (Lipinski definition) is 4. The van der Waals surface area contributed by atoms with Gasteiger partial charge in [-0.1, -0.05) is 13.3 Å². The summed E-state index contributed by atoms with van der Waals surface area (Å²) < 4.78 is 31.6. The highest BCUT2D eigenvalue weighted by atomic mass is 32.2. The van der Waals surface area contributed by atoms with Crippen LogP contribution in [0.2, 0.25) is 0 Å². The molecular formula is C12H14N2O5S. The lowest BCUT2D eigenvalue weighted by molar-refractivity contribution is 0.483. The lowest BCUT2D eigenvalue weighted by Crippen LogP contribution is -2.23. The van der Waals surface area contributed by atoms with Crippen LogP contribution in [-0.2, 0) is 16.5 Å². The lowest BCUT2D eigenvalue weighted by atomic mass is 10.0. The van der Waals surface area contributed by atoms with E-state index in [1.54, 1.807) is 0 Å². The maximum Gasteiger partial charge on any atom is 0.326 e. The van der Waals surface area contributed by atoms with Gasteiger partial charge in [-0.15, -0.1) is 0 Å². The van der Waals surface area contributed by atoms with Gasteiger partial charge in [0, 0.05) is 0 Å². The van der Waals surface area contributed by atoms with Crippen LogP contribution in [0.5, 0.6) is 0 Å². The van der Waals surface area contributed by atoms with E-state index < -0.39 is 21.4 Å². The van der Waals surface area contributed by atoms with E-state index in [2.05, 4.69) is 9.97 Å². The van der Waals surface area contributed by atoms with Crippen LogP contribution >= 0.6 is 0 Å². The predicted molar refractivity (Wildman–Crippen MR) is 73.6 cm³/mol. The second-order valence-electron chi connectivity index (χ2n) is 4.49. The Hall–Kier alpha value is -1.93. The molecule has 0 aliphatic carbocycles. The van der Waals surface area contributed by atoms with Crippen LogP contribution in [0.3, 0.4) is 0 Å². The van der Waals surface area contributed by atoms with E-state index in [-0.39, 0.29) is 15.8 Å². The molecule has 2 rings (SSSR count). The molecule has 20 heavy (non-hydrogen) atoms. The molecule has 108 valence electrons. The Kier molecular flexibility index (Phi) is 3.78. The van der Waals surface area contributed by atoms with Gasteiger partial charge in [0.25, 0.3) is 15.7 Å². The van der Waals surface area contributed by atoms with Crippen molar-refractivity contribution in [3.63, 3.8) is 0 Å². The van der Waals surface area contributed by atoms with E-state index >= 15 is 0 Å². The summed E-state index contributed by atoms with van der Waals surface area (Å²) in [5, 5.41) is 0.241. The summed E-state index contributed by atoms with van der Waals surface area (Å²) in [5.41, 5.74) is -0.720. The van der Waals surface area contributed by atoms with E-state index in [9.17, 15) is 18.0 Å². The number of rotatable bonds is 4. The molecule has 1 aromatic heterocycles. The third-order valence-electron chi connectivity index (χ3n) is 2.99. The number of unbranched alkanes of at least 4 members (excludes halogenated alkanes) is 1. The molecular weight excluding hydrogens is 284 g/mol. The molecule has 0 saturated heterocycles. The van der Waals surface area contributed by atoms with Crippen molar-refractivity contribution in [1.29, 1.82) is 0 Å². The Morgan fingerprint density at radius 1 is 1.20 bits per heavy atom. The number of benzene rings is 1. The summed E-state index contributed by atoms with van der Waals surface area (Å²) >= 11 is 0. The van der Waals surface area contributed by atoms with Crippen LogP contribution in [-0.4, -0.2) is 22.9 Å². The van der Waals surface area contributed by atoms with E-state index in [1.165, 1.54) is 6.07 Å². The van der Waals surface area contributed by atoms with Crippen molar-refractivity contribution in [1.82, 2.24) is 9.97 Å². The third-order valence-corrected chi connectivity index (χ3v) is 3.82. The lowest BCUT2D eigenvalue weighted by Gasteiger charge is -2.07. The van der Waals surface area contributed by atoms with Gasteiger partial charge in [0.15, 0.2) is 0 Å². The molecule has 0 amide bonds. The number of aryl methyl sites for hydroxylation is 1. The maximum absolute atomic E-state index is 11.9. The van der Waals surface area contributed by atoms with Gasteiger partial charge in [0.05, 0.1) is 15.8 Å². The summed E-state index contributed by atoms with van der Waals surface area (Å²) in [7, 11) is -4.40. The van der Waals surface area contributed by atoms with Crippen LogP contribution < -0.4 is 11.2 Å². The Labute approximate surface area is 114 Å². The van der Waals surface area contributed by atoms with Gasteiger partial charge in [-0.3, -0.25) is 14.3 Å². The minimum Gasteiger partial charge on any atom is -0.307 e. The molecule has 7 nitrogen and oxygen atoms in total. The average Bonchev–Trinajstić information content (AvgIpc) is 2.33. The largest absolute Gasteiger partial charge is 0.326 e. The Morgan fingerprint density at radius 2 is 1.90 bits per heavy atom. The van der Waals surface area contributed by atoms with E-state index in [0.29, 0.717) is 12.0 Å². The normalized spacial score (nSPS) is 11.9. The molecule has 2 aromatic rings. The molecule has 0 aliphatic rings. The van der Waals surface area contributed by atoms with Crippen LogP contribution in [0.4, 0.5) is 0 Å². The molecule has 0 bridgehead atoms. The SMILES string of the molecule is CCCCc1cc(S(=O)(=O)O)cc2[nH]c(=O)[nH]c(=O)c12. The fourth-order valence-electron chi connectivity index (χ4n) is 2.07. The zero-order valence-corrected chi connectivity index (χ0v) is 11.6. The standard InChI is InChI=1S/C12H14N2O5S/c1-2-3-4-7-5-8(20(17,18)19)6-9-10(7)11(15)14-12(16)13-9/h5-6H,2-4H2,1H3,(H,17,18,19)(H2,13,14,15,16). The number of hydrogen-bond donors (Lipinski definition) is 3. The number of aromatic amines is 2. The number of aromatic nitrogens is 2. The number of H-pyrrole nitrogens is 2. The molecule has 0 spiro atoms. The van der Waals surface area contributed by atoms with Gasteiger partial charge in [0.1, 0.15) is 0 Å². The second kappa shape index (κ2) is 5.22. The molecule has 0 saturated carbocycles. The van der Waals surface area contributed by atoms with E-state index in [1.807, 2.05) is 6.92 Å². The Balaban J connectivity index is 2.85. The zero-order valence-electron chi connectivity index (χ0n) is 10.8. The highest BCUT2D eigenvalue weighted by Gasteiger charge is 2.15. The fourth-order valence-corrected chi connectivity index (χ4v) is 2.63. The van der Waals surface area contributed by atoms with Crippen molar-refractivity contribution in [3.8, 4) is 0 Å². The van der Waals surface area contributed by atoms with Crippen LogP contribution in [0.15, 0.2) is 26.6 Å². The molecule has 1 aromatic carbocycles. The quantitative estimate of drug-likeness (QED) is 0.721. The summed E-state index contributed by atoms with van der Waals surface area (Å²) in [4.78, 5) is 27.3. The van der Waals surface area contributed by atoms with Crippen LogP contribution in [0, 0.1) is 0 Å². The van der Waals surface area contributed by atoms with Crippen molar-refractivity contribution in [3.05, 3.63) is 38.5 Å². The van der Waals surface area contributed by atoms with Crippen molar-refractivity contribution in [2.75, 3.05) is 0 Å². The predicted octanol–water partition coefficient (Wildman–Crippen LogP) is 0.806. The minimum absolute atomic E-state index is 0.0972. The number of nitrogens with one attached hydrogen (secondary N) is 2. The van der Waals surface area contributed by atoms with Crippen molar-refractivity contribution < 1.29 is 13.0 Å². The van der Waals surface area contributed by atoms with Crippen molar-refractivity contribution in [2.45, 2.75) is 31.1 Å². The van der Waals surface area contributed by atoms with Gasteiger partial charge < -0.3 is 4.98 Å². The molecule has 8 heteroatoms. The molecule has 1 heterocycles.